The molecule has 2 aliphatic heterocycles. The number of carbonyl (C=O) groups is 1. The third kappa shape index (κ3) is 4.48. The number of hydrogen-bond acceptors (Lipinski definition) is 5. The number of rotatable bonds is 5. The van der Waals surface area contributed by atoms with E-state index in [1.54, 1.807) is 18.5 Å². The van der Waals surface area contributed by atoms with Gasteiger partial charge in [-0.1, -0.05) is 0 Å². The Balaban J connectivity index is 1.44. The van der Waals surface area contributed by atoms with E-state index >= 15 is 0 Å². The predicted octanol–water partition coefficient (Wildman–Crippen LogP) is 1.61. The van der Waals surface area contributed by atoms with Gasteiger partial charge < -0.3 is 4.90 Å². The van der Waals surface area contributed by atoms with E-state index in [-0.39, 0.29) is 11.9 Å². The molecule has 2 aliphatic rings. The Hall–Kier alpha value is -1.53. The van der Waals surface area contributed by atoms with Crippen molar-refractivity contribution in [2.45, 2.75) is 38.6 Å². The average Bonchev–Trinajstić information content (AvgIpc) is 3.09. The zero-order valence-electron chi connectivity index (χ0n) is 13.9. The highest BCUT2D eigenvalue weighted by atomic mass is 16.2. The van der Waals surface area contributed by atoms with Gasteiger partial charge in [-0.05, 0) is 70.8 Å². The maximum Gasteiger partial charge on any atom is 0.243 e. The molecular formula is C17H27N5O. The molecule has 6 heteroatoms. The van der Waals surface area contributed by atoms with Crippen molar-refractivity contribution in [3.05, 3.63) is 18.5 Å². The first kappa shape index (κ1) is 16.3. The molecule has 1 aromatic heterocycles. The lowest BCUT2D eigenvalue weighted by Gasteiger charge is -2.36. The van der Waals surface area contributed by atoms with E-state index in [1.165, 1.54) is 45.3 Å². The maximum atomic E-state index is 12.3. The van der Waals surface area contributed by atoms with Crippen LogP contribution in [0.1, 0.15) is 32.6 Å². The monoisotopic (exact) mass is 317 g/mol. The molecule has 0 aromatic carbocycles. The topological polar surface area (TPSA) is 61.4 Å². The molecule has 23 heavy (non-hydrogen) atoms. The van der Waals surface area contributed by atoms with Gasteiger partial charge in [-0.25, -0.2) is 9.97 Å². The SMILES string of the molecule is C[C@@H](C(=O)Nc1ncccn1)N1CCC(CN2CCCC2)CC1. The minimum Gasteiger partial charge on any atom is -0.303 e. The van der Waals surface area contributed by atoms with Crippen molar-refractivity contribution in [1.29, 1.82) is 0 Å². The Kier molecular flexibility index (Phi) is 5.56. The fourth-order valence-electron chi connectivity index (χ4n) is 3.60. The summed E-state index contributed by atoms with van der Waals surface area (Å²) in [4.78, 5) is 25.3. The van der Waals surface area contributed by atoms with Gasteiger partial charge in [-0.2, -0.15) is 0 Å². The number of anilines is 1. The number of amides is 1. The summed E-state index contributed by atoms with van der Waals surface area (Å²) >= 11 is 0. The second-order valence-electron chi connectivity index (χ2n) is 6.72. The number of hydrogen-bond donors (Lipinski definition) is 1. The highest BCUT2D eigenvalue weighted by molar-refractivity contribution is 5.93. The Morgan fingerprint density at radius 2 is 1.87 bits per heavy atom. The number of likely N-dealkylation sites (tertiary alicyclic amines) is 2. The number of piperidine rings is 1. The minimum atomic E-state index is -0.133. The molecule has 3 heterocycles. The van der Waals surface area contributed by atoms with Gasteiger partial charge >= 0.3 is 0 Å². The number of nitrogens with zero attached hydrogens (tertiary/aromatic N) is 4. The summed E-state index contributed by atoms with van der Waals surface area (Å²) in [5, 5.41) is 2.80. The predicted molar refractivity (Wildman–Crippen MR) is 90.1 cm³/mol. The van der Waals surface area contributed by atoms with E-state index in [0.29, 0.717) is 5.95 Å². The van der Waals surface area contributed by atoms with E-state index in [2.05, 4.69) is 25.1 Å². The van der Waals surface area contributed by atoms with Gasteiger partial charge in [0.15, 0.2) is 0 Å². The lowest BCUT2D eigenvalue weighted by atomic mass is 9.95. The first-order valence-corrected chi connectivity index (χ1v) is 8.76. The van der Waals surface area contributed by atoms with Crippen LogP contribution in [0, 0.1) is 5.92 Å². The van der Waals surface area contributed by atoms with Crippen LogP contribution in [0.2, 0.25) is 0 Å². The molecule has 0 unspecified atom stereocenters. The maximum absolute atomic E-state index is 12.3. The number of carbonyl (C=O) groups excluding carboxylic acids is 1. The Labute approximate surface area is 138 Å². The largest absolute Gasteiger partial charge is 0.303 e. The molecule has 1 atom stereocenters. The van der Waals surface area contributed by atoms with E-state index < -0.39 is 0 Å². The smallest absolute Gasteiger partial charge is 0.243 e. The van der Waals surface area contributed by atoms with Crippen LogP contribution in [0.3, 0.4) is 0 Å². The summed E-state index contributed by atoms with van der Waals surface area (Å²) in [6.07, 6.45) is 8.37. The molecule has 6 nitrogen and oxygen atoms in total. The molecule has 0 saturated carbocycles. The van der Waals surface area contributed by atoms with E-state index in [1.807, 2.05) is 6.92 Å². The molecule has 0 radical (unpaired) electrons. The van der Waals surface area contributed by atoms with Gasteiger partial charge in [0.2, 0.25) is 11.9 Å². The summed E-state index contributed by atoms with van der Waals surface area (Å²) in [5.74, 6) is 1.15. The molecule has 3 rings (SSSR count). The van der Waals surface area contributed by atoms with E-state index in [9.17, 15) is 4.79 Å². The summed E-state index contributed by atoms with van der Waals surface area (Å²) in [6, 6.07) is 1.61. The molecule has 2 fully saturated rings. The lowest BCUT2D eigenvalue weighted by Crippen LogP contribution is -2.47. The third-order valence-corrected chi connectivity index (χ3v) is 5.09. The van der Waals surface area contributed by atoms with Crippen molar-refractivity contribution >= 4 is 11.9 Å². The minimum absolute atomic E-state index is 0.0193. The molecule has 0 bridgehead atoms. The zero-order chi connectivity index (χ0) is 16.1. The van der Waals surface area contributed by atoms with Gasteiger partial charge in [-0.15, -0.1) is 0 Å². The van der Waals surface area contributed by atoms with Crippen LogP contribution in [0.4, 0.5) is 5.95 Å². The molecule has 1 aromatic rings. The van der Waals surface area contributed by atoms with Crippen molar-refractivity contribution in [1.82, 2.24) is 19.8 Å². The molecule has 2 saturated heterocycles. The van der Waals surface area contributed by atoms with Gasteiger partial charge in [0, 0.05) is 18.9 Å². The van der Waals surface area contributed by atoms with Crippen LogP contribution in [0.15, 0.2) is 18.5 Å². The first-order valence-electron chi connectivity index (χ1n) is 8.76. The standard InChI is InChI=1S/C17H27N5O/c1-14(16(23)20-17-18-7-4-8-19-17)22-11-5-15(6-12-22)13-21-9-2-3-10-21/h4,7-8,14-15H,2-3,5-6,9-13H2,1H3,(H,18,19,20,23)/t14-/m0/s1. The van der Waals surface area contributed by atoms with Crippen LogP contribution < -0.4 is 5.32 Å². The second-order valence-corrected chi connectivity index (χ2v) is 6.72. The van der Waals surface area contributed by atoms with Crippen molar-refractivity contribution in [3.63, 3.8) is 0 Å². The summed E-state index contributed by atoms with van der Waals surface area (Å²) in [6.45, 7) is 7.77. The van der Waals surface area contributed by atoms with Crippen molar-refractivity contribution in [2.75, 3.05) is 38.0 Å². The fraction of sp³-hybridized carbons (Fsp3) is 0.706. The van der Waals surface area contributed by atoms with E-state index in [4.69, 9.17) is 0 Å². The number of aromatic nitrogens is 2. The highest BCUT2D eigenvalue weighted by Crippen LogP contribution is 2.22. The molecule has 1 N–H and O–H groups in total. The third-order valence-electron chi connectivity index (χ3n) is 5.09. The van der Waals surface area contributed by atoms with Crippen molar-refractivity contribution < 1.29 is 4.79 Å². The van der Waals surface area contributed by atoms with Crippen LogP contribution in [0.25, 0.3) is 0 Å². The van der Waals surface area contributed by atoms with E-state index in [0.717, 1.165) is 19.0 Å². The second kappa shape index (κ2) is 7.84. The quantitative estimate of drug-likeness (QED) is 0.894. The Morgan fingerprint density at radius 3 is 2.52 bits per heavy atom. The first-order chi connectivity index (χ1) is 11.2. The van der Waals surface area contributed by atoms with Gasteiger partial charge in [0.1, 0.15) is 0 Å². The summed E-state index contributed by atoms with van der Waals surface area (Å²) in [5.41, 5.74) is 0. The van der Waals surface area contributed by atoms with Gasteiger partial charge in [0.25, 0.3) is 0 Å². The molecule has 1 amide bonds. The fourth-order valence-corrected chi connectivity index (χ4v) is 3.60. The molecule has 126 valence electrons. The van der Waals surface area contributed by atoms with Crippen molar-refractivity contribution in [2.24, 2.45) is 5.92 Å². The molecular weight excluding hydrogens is 290 g/mol. The van der Waals surface area contributed by atoms with Crippen molar-refractivity contribution in [3.8, 4) is 0 Å². The van der Waals surface area contributed by atoms with Crippen LogP contribution in [-0.2, 0) is 4.79 Å². The highest BCUT2D eigenvalue weighted by Gasteiger charge is 2.28. The Morgan fingerprint density at radius 1 is 1.22 bits per heavy atom. The zero-order valence-corrected chi connectivity index (χ0v) is 13.9. The average molecular weight is 317 g/mol. The van der Waals surface area contributed by atoms with Crippen LogP contribution in [-0.4, -0.2) is 64.4 Å². The van der Waals surface area contributed by atoms with Crippen LogP contribution in [0.5, 0.6) is 0 Å². The molecule has 0 spiro atoms. The lowest BCUT2D eigenvalue weighted by molar-refractivity contribution is -0.121. The van der Waals surface area contributed by atoms with Crippen LogP contribution >= 0.6 is 0 Å². The van der Waals surface area contributed by atoms with Gasteiger partial charge in [0.05, 0.1) is 6.04 Å². The summed E-state index contributed by atoms with van der Waals surface area (Å²) in [7, 11) is 0. The normalized spacial score (nSPS) is 22.1. The summed E-state index contributed by atoms with van der Waals surface area (Å²) < 4.78 is 0. The van der Waals surface area contributed by atoms with Gasteiger partial charge in [-0.3, -0.25) is 15.0 Å². The molecule has 0 aliphatic carbocycles. The Bertz CT molecular complexity index is 495. The number of nitrogens with one attached hydrogen (secondary N) is 1.